The van der Waals surface area contributed by atoms with E-state index in [1.54, 1.807) is 12.4 Å². The van der Waals surface area contributed by atoms with Crippen molar-refractivity contribution in [3.8, 4) is 0 Å². The van der Waals surface area contributed by atoms with Crippen LogP contribution in [0.25, 0.3) is 5.47 Å². The molecule has 0 amide bonds. The quantitative estimate of drug-likeness (QED) is 0.733. The van der Waals surface area contributed by atoms with Crippen molar-refractivity contribution in [1.29, 1.82) is 0 Å². The number of hydrogen-bond acceptors (Lipinski definition) is 3. The van der Waals surface area contributed by atoms with Gasteiger partial charge in [-0.15, -0.1) is 0 Å². The average Bonchev–Trinajstić information content (AvgIpc) is 2.48. The van der Waals surface area contributed by atoms with Crippen LogP contribution in [0, 0.1) is 0 Å². The summed E-state index contributed by atoms with van der Waals surface area (Å²) in [7, 11) is -0.387. The lowest BCUT2D eigenvalue weighted by Crippen LogP contribution is -2.41. The van der Waals surface area contributed by atoms with Gasteiger partial charge in [-0.05, 0) is 50.9 Å². The molecule has 0 aliphatic carbocycles. The molecule has 0 bridgehead atoms. The van der Waals surface area contributed by atoms with Gasteiger partial charge in [0.15, 0.2) is 0 Å². The molecule has 3 nitrogen and oxygen atoms in total. The predicted molar refractivity (Wildman–Crippen MR) is 69.4 cm³/mol. The first kappa shape index (κ1) is 12.3. The van der Waals surface area contributed by atoms with Gasteiger partial charge in [-0.3, -0.25) is 4.98 Å². The molecule has 2 heterocycles. The van der Waals surface area contributed by atoms with Crippen LogP contribution in [0.2, 0.25) is 0 Å². The number of rotatable bonds is 2. The summed E-state index contributed by atoms with van der Waals surface area (Å²) in [5.41, 5.74) is 1.19. The third kappa shape index (κ3) is 2.15. The van der Waals surface area contributed by atoms with Gasteiger partial charge in [-0.1, -0.05) is 6.58 Å². The van der Waals surface area contributed by atoms with E-state index in [0.29, 0.717) is 0 Å². The Kier molecular flexibility index (Phi) is 2.88. The Morgan fingerprint density at radius 1 is 1.12 bits per heavy atom. The molecule has 0 unspecified atom stereocenters. The van der Waals surface area contributed by atoms with E-state index in [0.717, 1.165) is 11.0 Å². The Balaban J connectivity index is 2.20. The zero-order valence-electron chi connectivity index (χ0n) is 10.9. The van der Waals surface area contributed by atoms with Crippen LogP contribution < -0.4 is 0 Å². The topological polar surface area (TPSA) is 31.4 Å². The van der Waals surface area contributed by atoms with Crippen LogP contribution in [0.4, 0.5) is 0 Å². The molecule has 1 aromatic heterocycles. The lowest BCUT2D eigenvalue weighted by Gasteiger charge is -2.32. The fourth-order valence-corrected chi connectivity index (χ4v) is 1.69. The van der Waals surface area contributed by atoms with Gasteiger partial charge in [0.05, 0.1) is 11.2 Å². The van der Waals surface area contributed by atoms with E-state index in [1.165, 1.54) is 0 Å². The largest absolute Gasteiger partial charge is 0.494 e. The van der Waals surface area contributed by atoms with Crippen molar-refractivity contribution < 1.29 is 9.31 Å². The third-order valence-electron chi connectivity index (χ3n) is 3.59. The first-order chi connectivity index (χ1) is 7.83. The van der Waals surface area contributed by atoms with Crippen molar-refractivity contribution in [2.75, 3.05) is 0 Å². The van der Waals surface area contributed by atoms with Crippen molar-refractivity contribution in [3.05, 3.63) is 36.7 Å². The zero-order valence-corrected chi connectivity index (χ0v) is 10.9. The highest BCUT2D eigenvalue weighted by molar-refractivity contribution is 6.68. The molecule has 90 valence electrons. The Hall–Kier alpha value is -1.13. The highest BCUT2D eigenvalue weighted by Crippen LogP contribution is 2.39. The predicted octanol–water partition coefficient (Wildman–Crippen LogP) is 2.73. The Labute approximate surface area is 103 Å². The molecule has 0 radical (unpaired) electrons. The van der Waals surface area contributed by atoms with E-state index in [4.69, 9.17) is 9.31 Å². The SMILES string of the molecule is C=C(B1OC(C)(C)C(C)(C)O1)c1ccncc1. The molecular formula is C13H18BNO2. The van der Waals surface area contributed by atoms with E-state index in [1.807, 2.05) is 39.8 Å². The molecule has 17 heavy (non-hydrogen) atoms. The van der Waals surface area contributed by atoms with Crippen molar-refractivity contribution in [3.63, 3.8) is 0 Å². The lowest BCUT2D eigenvalue weighted by atomic mass is 9.75. The van der Waals surface area contributed by atoms with Crippen LogP contribution in [-0.4, -0.2) is 23.3 Å². The van der Waals surface area contributed by atoms with Gasteiger partial charge in [0.25, 0.3) is 0 Å². The molecule has 0 N–H and O–H groups in total. The number of hydrogen-bond donors (Lipinski definition) is 0. The number of pyridine rings is 1. The van der Waals surface area contributed by atoms with Gasteiger partial charge in [-0.2, -0.15) is 0 Å². The summed E-state index contributed by atoms with van der Waals surface area (Å²) in [6, 6.07) is 3.82. The third-order valence-corrected chi connectivity index (χ3v) is 3.59. The Morgan fingerprint density at radius 3 is 2.06 bits per heavy atom. The molecular weight excluding hydrogens is 213 g/mol. The number of nitrogens with zero attached hydrogens (tertiary/aromatic N) is 1. The van der Waals surface area contributed by atoms with E-state index in [2.05, 4.69) is 11.6 Å². The average molecular weight is 231 g/mol. The van der Waals surface area contributed by atoms with Crippen molar-refractivity contribution >= 4 is 12.6 Å². The number of aromatic nitrogens is 1. The van der Waals surface area contributed by atoms with Crippen LogP contribution in [0.1, 0.15) is 33.3 Å². The molecule has 2 rings (SSSR count). The van der Waals surface area contributed by atoms with Gasteiger partial charge in [-0.25, -0.2) is 0 Å². The van der Waals surface area contributed by atoms with Gasteiger partial charge < -0.3 is 9.31 Å². The maximum atomic E-state index is 5.94. The molecule has 1 aliphatic rings. The molecule has 0 spiro atoms. The molecule has 0 atom stereocenters. The molecule has 1 fully saturated rings. The summed E-state index contributed by atoms with van der Waals surface area (Å²) in [5, 5.41) is 0. The van der Waals surface area contributed by atoms with Gasteiger partial charge in [0, 0.05) is 12.4 Å². The first-order valence-electron chi connectivity index (χ1n) is 5.78. The molecule has 0 aromatic carbocycles. The fourth-order valence-electron chi connectivity index (χ4n) is 1.69. The molecule has 1 aromatic rings. The van der Waals surface area contributed by atoms with E-state index >= 15 is 0 Å². The minimum Gasteiger partial charge on any atom is -0.399 e. The summed E-state index contributed by atoms with van der Waals surface area (Å²) in [5.74, 6) is 0. The molecule has 1 saturated heterocycles. The summed E-state index contributed by atoms with van der Waals surface area (Å²) < 4.78 is 11.9. The second-order valence-corrected chi connectivity index (χ2v) is 5.35. The molecule has 4 heteroatoms. The highest BCUT2D eigenvalue weighted by Gasteiger charge is 2.52. The second-order valence-electron chi connectivity index (χ2n) is 5.35. The summed E-state index contributed by atoms with van der Waals surface area (Å²) in [4.78, 5) is 3.99. The smallest absolute Gasteiger partial charge is 0.399 e. The molecule has 1 aliphatic heterocycles. The van der Waals surface area contributed by atoms with E-state index < -0.39 is 0 Å². The van der Waals surface area contributed by atoms with Crippen molar-refractivity contribution in [2.24, 2.45) is 0 Å². The highest BCUT2D eigenvalue weighted by atomic mass is 16.7. The maximum absolute atomic E-state index is 5.94. The van der Waals surface area contributed by atoms with Crippen LogP contribution in [0.15, 0.2) is 31.1 Å². The monoisotopic (exact) mass is 231 g/mol. The maximum Gasteiger partial charge on any atom is 0.494 e. The van der Waals surface area contributed by atoms with Gasteiger partial charge >= 0.3 is 7.12 Å². The Bertz CT molecular complexity index is 412. The van der Waals surface area contributed by atoms with Gasteiger partial charge in [0.2, 0.25) is 0 Å². The standard InChI is InChI=1S/C13H18BNO2/c1-10(11-6-8-15-9-7-11)14-16-12(2,3)13(4,5)17-14/h6-9H,1H2,2-5H3. The van der Waals surface area contributed by atoms with Crippen molar-refractivity contribution in [1.82, 2.24) is 4.98 Å². The van der Waals surface area contributed by atoms with E-state index in [-0.39, 0.29) is 18.3 Å². The van der Waals surface area contributed by atoms with Crippen molar-refractivity contribution in [2.45, 2.75) is 38.9 Å². The minimum absolute atomic E-state index is 0.326. The van der Waals surface area contributed by atoms with E-state index in [9.17, 15) is 0 Å². The zero-order chi connectivity index (χ0) is 12.7. The normalized spacial score (nSPS) is 21.5. The fraction of sp³-hybridized carbons (Fsp3) is 0.462. The van der Waals surface area contributed by atoms with Crippen LogP contribution in [-0.2, 0) is 9.31 Å². The summed E-state index contributed by atoms with van der Waals surface area (Å²) >= 11 is 0. The molecule has 0 saturated carbocycles. The lowest BCUT2D eigenvalue weighted by molar-refractivity contribution is 0.00578. The first-order valence-corrected chi connectivity index (χ1v) is 5.78. The second kappa shape index (κ2) is 3.96. The summed E-state index contributed by atoms with van der Waals surface area (Å²) in [6.07, 6.45) is 3.48. The van der Waals surface area contributed by atoms with Gasteiger partial charge in [0.1, 0.15) is 0 Å². The summed E-state index contributed by atoms with van der Waals surface area (Å²) in [6.45, 7) is 12.2. The minimum atomic E-state index is -0.387. The van der Waals surface area contributed by atoms with Crippen LogP contribution >= 0.6 is 0 Å². The van der Waals surface area contributed by atoms with Crippen LogP contribution in [0.3, 0.4) is 0 Å². The van der Waals surface area contributed by atoms with Crippen LogP contribution in [0.5, 0.6) is 0 Å². The Morgan fingerprint density at radius 2 is 1.59 bits per heavy atom.